The average Bonchev–Trinajstić information content (AvgIpc) is 2.81. The SMILES string of the molecule is CC(C)(O)C1CCCN1S(=O)(=O)c1cccc(Cl)c1F. The summed E-state index contributed by atoms with van der Waals surface area (Å²) in [7, 11) is -4.01. The fourth-order valence-corrected chi connectivity index (χ4v) is 4.68. The predicted molar refractivity (Wildman–Crippen MR) is 74.6 cm³/mol. The third kappa shape index (κ3) is 2.70. The molecule has 2 rings (SSSR count). The lowest BCUT2D eigenvalue weighted by Gasteiger charge is -2.33. The summed E-state index contributed by atoms with van der Waals surface area (Å²) in [4.78, 5) is -0.443. The van der Waals surface area contributed by atoms with Crippen LogP contribution in [0, 0.1) is 5.82 Å². The van der Waals surface area contributed by atoms with E-state index in [0.29, 0.717) is 12.8 Å². The second kappa shape index (κ2) is 5.26. The van der Waals surface area contributed by atoms with Gasteiger partial charge in [0.05, 0.1) is 16.7 Å². The molecule has 1 N–H and O–H groups in total. The summed E-state index contributed by atoms with van der Waals surface area (Å²) in [6, 6.07) is 3.32. The van der Waals surface area contributed by atoms with Crippen molar-refractivity contribution in [3.05, 3.63) is 29.0 Å². The lowest BCUT2D eigenvalue weighted by atomic mass is 9.98. The monoisotopic (exact) mass is 321 g/mol. The maximum Gasteiger partial charge on any atom is 0.246 e. The van der Waals surface area contributed by atoms with Crippen LogP contribution >= 0.6 is 11.6 Å². The predicted octanol–water partition coefficient (Wildman–Crippen LogP) is 2.40. The molecule has 1 heterocycles. The van der Waals surface area contributed by atoms with Gasteiger partial charge in [0.15, 0.2) is 5.82 Å². The molecule has 0 bridgehead atoms. The molecule has 1 aromatic carbocycles. The van der Waals surface area contributed by atoms with Crippen LogP contribution in [0.2, 0.25) is 5.02 Å². The first-order valence-electron chi connectivity index (χ1n) is 6.34. The molecule has 0 amide bonds. The number of benzene rings is 1. The van der Waals surface area contributed by atoms with E-state index in [0.717, 1.165) is 0 Å². The molecule has 112 valence electrons. The highest BCUT2D eigenvalue weighted by atomic mass is 35.5. The maximum absolute atomic E-state index is 14.0. The third-order valence-electron chi connectivity index (χ3n) is 3.52. The van der Waals surface area contributed by atoms with Crippen molar-refractivity contribution in [1.29, 1.82) is 0 Å². The van der Waals surface area contributed by atoms with Crippen LogP contribution in [-0.4, -0.2) is 36.0 Å². The van der Waals surface area contributed by atoms with Crippen molar-refractivity contribution in [2.75, 3.05) is 6.54 Å². The molecule has 1 saturated heterocycles. The van der Waals surface area contributed by atoms with Gasteiger partial charge in [0.2, 0.25) is 10.0 Å². The van der Waals surface area contributed by atoms with E-state index in [-0.39, 0.29) is 11.6 Å². The van der Waals surface area contributed by atoms with Crippen molar-refractivity contribution >= 4 is 21.6 Å². The van der Waals surface area contributed by atoms with Gasteiger partial charge in [-0.2, -0.15) is 4.31 Å². The van der Waals surface area contributed by atoms with Gasteiger partial charge in [0.25, 0.3) is 0 Å². The topological polar surface area (TPSA) is 57.6 Å². The van der Waals surface area contributed by atoms with Gasteiger partial charge in [-0.05, 0) is 38.8 Å². The molecule has 0 spiro atoms. The summed E-state index contributed by atoms with van der Waals surface area (Å²) in [5, 5.41) is 9.86. The minimum Gasteiger partial charge on any atom is -0.389 e. The van der Waals surface area contributed by atoms with Crippen LogP contribution in [0.1, 0.15) is 26.7 Å². The first-order valence-corrected chi connectivity index (χ1v) is 8.15. The van der Waals surface area contributed by atoms with Crippen molar-refractivity contribution in [1.82, 2.24) is 4.31 Å². The van der Waals surface area contributed by atoms with Gasteiger partial charge in [-0.3, -0.25) is 0 Å². The number of rotatable bonds is 3. The van der Waals surface area contributed by atoms with Crippen LogP contribution in [0.15, 0.2) is 23.1 Å². The van der Waals surface area contributed by atoms with Crippen LogP contribution in [0.3, 0.4) is 0 Å². The van der Waals surface area contributed by atoms with E-state index in [1.54, 1.807) is 13.8 Å². The number of halogens is 2. The van der Waals surface area contributed by atoms with Crippen LogP contribution in [0.25, 0.3) is 0 Å². The highest BCUT2D eigenvalue weighted by Gasteiger charge is 2.43. The summed E-state index contributed by atoms with van der Waals surface area (Å²) < 4.78 is 40.3. The van der Waals surface area contributed by atoms with Gasteiger partial charge < -0.3 is 5.11 Å². The highest BCUT2D eigenvalue weighted by Crippen LogP contribution is 2.33. The fraction of sp³-hybridized carbons (Fsp3) is 0.538. The van der Waals surface area contributed by atoms with Gasteiger partial charge in [-0.15, -0.1) is 0 Å². The Morgan fingerprint density at radius 2 is 2.10 bits per heavy atom. The van der Waals surface area contributed by atoms with Crippen LogP contribution in [0.4, 0.5) is 4.39 Å². The number of sulfonamides is 1. The van der Waals surface area contributed by atoms with E-state index in [1.165, 1.54) is 22.5 Å². The first-order chi connectivity index (χ1) is 9.15. The summed E-state index contributed by atoms with van der Waals surface area (Å²) >= 11 is 5.65. The highest BCUT2D eigenvalue weighted by molar-refractivity contribution is 7.89. The normalized spacial score (nSPS) is 21.4. The van der Waals surface area contributed by atoms with Gasteiger partial charge in [-0.25, -0.2) is 12.8 Å². The standard InChI is InChI=1S/C13H17ClFNO3S/c1-13(2,17)11-7-4-8-16(11)20(18,19)10-6-3-5-9(14)12(10)15/h3,5-6,11,17H,4,7-8H2,1-2H3. The molecule has 20 heavy (non-hydrogen) atoms. The van der Waals surface area contributed by atoms with Gasteiger partial charge in [0.1, 0.15) is 4.90 Å². The van der Waals surface area contributed by atoms with Crippen molar-refractivity contribution in [2.45, 2.75) is 43.2 Å². The van der Waals surface area contributed by atoms with E-state index >= 15 is 0 Å². The Balaban J connectivity index is 2.48. The van der Waals surface area contributed by atoms with E-state index < -0.39 is 32.4 Å². The second-order valence-corrected chi connectivity index (χ2v) is 7.75. The Hall–Kier alpha value is -0.690. The molecule has 1 aliphatic heterocycles. The molecular weight excluding hydrogens is 305 g/mol. The lowest BCUT2D eigenvalue weighted by Crippen LogP contribution is -2.48. The Labute approximate surface area is 123 Å². The van der Waals surface area contributed by atoms with Crippen LogP contribution in [0.5, 0.6) is 0 Å². The number of hydrogen-bond acceptors (Lipinski definition) is 3. The van der Waals surface area contributed by atoms with E-state index in [1.807, 2.05) is 0 Å². The van der Waals surface area contributed by atoms with Crippen molar-refractivity contribution in [2.24, 2.45) is 0 Å². The Bertz CT molecular complexity index is 613. The van der Waals surface area contributed by atoms with Crippen molar-refractivity contribution in [3.63, 3.8) is 0 Å². The number of hydrogen-bond donors (Lipinski definition) is 1. The van der Waals surface area contributed by atoms with Crippen molar-refractivity contribution in [3.8, 4) is 0 Å². The van der Waals surface area contributed by atoms with Crippen LogP contribution < -0.4 is 0 Å². The zero-order valence-electron chi connectivity index (χ0n) is 11.3. The molecule has 4 nitrogen and oxygen atoms in total. The Morgan fingerprint density at radius 3 is 2.70 bits per heavy atom. The summed E-state index contributed by atoms with van der Waals surface area (Å²) in [6.07, 6.45) is 1.18. The number of aliphatic hydroxyl groups is 1. The van der Waals surface area contributed by atoms with Crippen LogP contribution in [-0.2, 0) is 10.0 Å². The molecule has 0 aromatic heterocycles. The van der Waals surface area contributed by atoms with E-state index in [9.17, 15) is 17.9 Å². The molecule has 1 aromatic rings. The number of nitrogens with zero attached hydrogens (tertiary/aromatic N) is 1. The Kier molecular flexibility index (Phi) is 4.12. The summed E-state index contributed by atoms with van der Waals surface area (Å²) in [5.74, 6) is -0.949. The molecule has 0 saturated carbocycles. The van der Waals surface area contributed by atoms with E-state index in [4.69, 9.17) is 11.6 Å². The zero-order valence-corrected chi connectivity index (χ0v) is 12.9. The van der Waals surface area contributed by atoms with Gasteiger partial charge in [-0.1, -0.05) is 17.7 Å². The second-order valence-electron chi connectivity index (χ2n) is 5.48. The molecule has 1 aliphatic rings. The maximum atomic E-state index is 14.0. The molecule has 0 radical (unpaired) electrons. The minimum atomic E-state index is -4.01. The average molecular weight is 322 g/mol. The molecule has 7 heteroatoms. The first kappa shape index (κ1) is 15.7. The fourth-order valence-electron chi connectivity index (χ4n) is 2.54. The summed E-state index contributed by atoms with van der Waals surface area (Å²) in [6.45, 7) is 3.38. The minimum absolute atomic E-state index is 0.231. The largest absolute Gasteiger partial charge is 0.389 e. The zero-order chi connectivity index (χ0) is 15.1. The molecular formula is C13H17ClFNO3S. The van der Waals surface area contributed by atoms with Gasteiger partial charge in [0, 0.05) is 6.54 Å². The molecule has 0 aliphatic carbocycles. The molecule has 1 fully saturated rings. The lowest BCUT2D eigenvalue weighted by molar-refractivity contribution is 0.0214. The smallest absolute Gasteiger partial charge is 0.246 e. The molecule has 1 unspecified atom stereocenters. The molecule has 1 atom stereocenters. The quantitative estimate of drug-likeness (QED) is 0.930. The van der Waals surface area contributed by atoms with E-state index in [2.05, 4.69) is 0 Å². The van der Waals surface area contributed by atoms with Crippen molar-refractivity contribution < 1.29 is 17.9 Å². The summed E-state index contributed by atoms with van der Waals surface area (Å²) in [5.41, 5.74) is -1.18. The Morgan fingerprint density at radius 1 is 1.45 bits per heavy atom. The van der Waals surface area contributed by atoms with Gasteiger partial charge >= 0.3 is 0 Å². The third-order valence-corrected chi connectivity index (χ3v) is 5.74.